The molecule has 0 saturated heterocycles. The monoisotopic (exact) mass is 256 g/mol. The third kappa shape index (κ3) is 1.00. The Morgan fingerprint density at radius 1 is 0.944 bits per heavy atom. The molecule has 0 spiro atoms. The second-order valence-electron chi connectivity index (χ2n) is 4.19. The molecule has 0 fully saturated rings. The third-order valence-electron chi connectivity index (χ3n) is 3.17. The predicted molar refractivity (Wildman–Crippen MR) is 67.8 cm³/mol. The number of fused-ring (bicyclic) bond motifs is 5. The van der Waals surface area contributed by atoms with Gasteiger partial charge in [-0.05, 0) is 24.3 Å². The van der Waals surface area contributed by atoms with Crippen LogP contribution in [-0.4, -0.2) is 17.4 Å². The molecule has 0 saturated carbocycles. The summed E-state index contributed by atoms with van der Waals surface area (Å²) >= 11 is 0. The molecule has 88 valence electrons. The molecule has 2 heterocycles. The highest BCUT2D eigenvalue weighted by Crippen LogP contribution is 2.39. The van der Waals surface area contributed by atoms with Gasteiger partial charge in [0.25, 0.3) is 10.0 Å². The summed E-state index contributed by atoms with van der Waals surface area (Å²) < 4.78 is 26.3. The average Bonchev–Trinajstić information content (AvgIpc) is 2.86. The Morgan fingerprint density at radius 2 is 1.67 bits per heavy atom. The fraction of sp³-hybridized carbons (Fsp3) is 0. The van der Waals surface area contributed by atoms with Gasteiger partial charge in [-0.15, -0.1) is 0 Å². The number of nitrogens with zero attached hydrogens (tertiary/aromatic N) is 2. The van der Waals surface area contributed by atoms with Crippen LogP contribution in [0.25, 0.3) is 22.4 Å². The van der Waals surface area contributed by atoms with Crippen LogP contribution in [0.5, 0.6) is 0 Å². The van der Waals surface area contributed by atoms with Crippen LogP contribution in [0, 0.1) is 0 Å². The zero-order valence-electron chi connectivity index (χ0n) is 9.24. The average molecular weight is 256 g/mol. The first kappa shape index (κ1) is 9.85. The van der Waals surface area contributed by atoms with Crippen LogP contribution >= 0.6 is 0 Å². The number of hydrogen-bond acceptors (Lipinski definition) is 3. The first-order chi connectivity index (χ1) is 8.69. The van der Waals surface area contributed by atoms with Gasteiger partial charge in [0.2, 0.25) is 0 Å². The molecular formula is C13H8N2O2S. The molecule has 3 aromatic rings. The molecule has 2 aromatic carbocycles. The van der Waals surface area contributed by atoms with Gasteiger partial charge in [0, 0.05) is 5.56 Å². The van der Waals surface area contributed by atoms with E-state index < -0.39 is 10.0 Å². The van der Waals surface area contributed by atoms with Gasteiger partial charge in [-0.1, -0.05) is 24.3 Å². The van der Waals surface area contributed by atoms with E-state index in [1.807, 2.05) is 24.3 Å². The quantitative estimate of drug-likeness (QED) is 0.485. The van der Waals surface area contributed by atoms with Crippen molar-refractivity contribution < 1.29 is 8.42 Å². The smallest absolute Gasteiger partial charge is 0.227 e. The number of rotatable bonds is 0. The molecule has 4 nitrogen and oxygen atoms in total. The van der Waals surface area contributed by atoms with Crippen molar-refractivity contribution in [2.45, 2.75) is 4.90 Å². The summed E-state index contributed by atoms with van der Waals surface area (Å²) in [6, 6.07) is 14.2. The Labute approximate surface area is 104 Å². The molecule has 0 aliphatic carbocycles. The lowest BCUT2D eigenvalue weighted by molar-refractivity contribution is 0.592. The Bertz CT molecular complexity index is 894. The first-order valence-electron chi connectivity index (χ1n) is 5.52. The second-order valence-corrected chi connectivity index (χ2v) is 5.94. The molecule has 0 amide bonds. The van der Waals surface area contributed by atoms with Gasteiger partial charge in [0.05, 0.1) is 15.9 Å². The van der Waals surface area contributed by atoms with Crippen LogP contribution in [0.2, 0.25) is 0 Å². The summed E-state index contributed by atoms with van der Waals surface area (Å²) in [4.78, 5) is 4.75. The van der Waals surface area contributed by atoms with Crippen LogP contribution in [0.15, 0.2) is 53.4 Å². The van der Waals surface area contributed by atoms with E-state index in [0.29, 0.717) is 27.3 Å². The van der Waals surface area contributed by atoms with Crippen molar-refractivity contribution in [1.29, 1.82) is 0 Å². The second kappa shape index (κ2) is 3.00. The molecule has 1 aromatic heterocycles. The fourth-order valence-electron chi connectivity index (χ4n) is 2.39. The highest BCUT2D eigenvalue weighted by atomic mass is 32.2. The lowest BCUT2D eigenvalue weighted by Crippen LogP contribution is -2.07. The lowest BCUT2D eigenvalue weighted by atomic mass is 10.2. The number of aromatic nitrogens is 2. The Kier molecular flexibility index (Phi) is 1.64. The van der Waals surface area contributed by atoms with Crippen molar-refractivity contribution >= 4 is 21.1 Å². The molecule has 0 N–H and O–H groups in total. The van der Waals surface area contributed by atoms with Crippen molar-refractivity contribution in [2.24, 2.45) is 0 Å². The molecule has 0 bridgehead atoms. The van der Waals surface area contributed by atoms with E-state index in [9.17, 15) is 8.42 Å². The molecular weight excluding hydrogens is 248 g/mol. The van der Waals surface area contributed by atoms with Gasteiger partial charge in [-0.25, -0.2) is 17.4 Å². The van der Waals surface area contributed by atoms with E-state index in [1.165, 1.54) is 3.97 Å². The van der Waals surface area contributed by atoms with Gasteiger partial charge in [-0.2, -0.15) is 0 Å². The number of para-hydroxylation sites is 2. The van der Waals surface area contributed by atoms with Crippen LogP contribution in [0.1, 0.15) is 0 Å². The number of hydrogen-bond donors (Lipinski definition) is 0. The summed E-state index contributed by atoms with van der Waals surface area (Å²) in [5, 5.41) is 0. The zero-order valence-corrected chi connectivity index (χ0v) is 10.1. The highest BCUT2D eigenvalue weighted by Gasteiger charge is 2.34. The SMILES string of the molecule is O=S1(=O)c2ccccc2-c2nc3ccccc3n21. The minimum atomic E-state index is -3.49. The van der Waals surface area contributed by atoms with E-state index in [4.69, 9.17) is 0 Å². The molecule has 4 rings (SSSR count). The van der Waals surface area contributed by atoms with Gasteiger partial charge in [0.1, 0.15) is 0 Å². The number of imidazole rings is 1. The zero-order chi connectivity index (χ0) is 12.3. The van der Waals surface area contributed by atoms with Crippen molar-refractivity contribution in [3.05, 3.63) is 48.5 Å². The van der Waals surface area contributed by atoms with E-state index in [1.54, 1.807) is 24.3 Å². The van der Waals surface area contributed by atoms with E-state index in [0.717, 1.165) is 0 Å². The molecule has 0 radical (unpaired) electrons. The van der Waals surface area contributed by atoms with Gasteiger partial charge < -0.3 is 0 Å². The summed E-state index contributed by atoms with van der Waals surface area (Å²) in [5.41, 5.74) is 2.00. The standard InChI is InChI=1S/C13H8N2O2S/c16-18(17)12-8-4-1-5-9(12)13-14-10-6-2-3-7-11(10)15(13)18/h1-8H. The summed E-state index contributed by atoms with van der Waals surface area (Å²) in [6.45, 7) is 0. The largest absolute Gasteiger partial charge is 0.270 e. The Hall–Kier alpha value is -2.14. The molecule has 5 heteroatoms. The molecule has 1 aliphatic heterocycles. The van der Waals surface area contributed by atoms with Gasteiger partial charge in [-0.3, -0.25) is 0 Å². The maximum atomic E-state index is 12.5. The summed E-state index contributed by atoms with van der Waals surface area (Å²) in [5.74, 6) is 0.506. The van der Waals surface area contributed by atoms with Crippen LogP contribution in [0.4, 0.5) is 0 Å². The van der Waals surface area contributed by atoms with Gasteiger partial charge in [0.15, 0.2) is 5.82 Å². The summed E-state index contributed by atoms with van der Waals surface area (Å²) in [7, 11) is -3.49. The van der Waals surface area contributed by atoms with E-state index in [2.05, 4.69) is 4.98 Å². The highest BCUT2D eigenvalue weighted by molar-refractivity contribution is 7.90. The van der Waals surface area contributed by atoms with Crippen molar-refractivity contribution in [3.8, 4) is 11.4 Å². The summed E-state index contributed by atoms with van der Waals surface area (Å²) in [6.07, 6.45) is 0. The molecule has 1 aliphatic rings. The Balaban J connectivity index is 2.28. The maximum absolute atomic E-state index is 12.5. The lowest BCUT2D eigenvalue weighted by Gasteiger charge is -2.00. The maximum Gasteiger partial charge on any atom is 0.270 e. The molecule has 0 atom stereocenters. The third-order valence-corrected chi connectivity index (χ3v) is 4.93. The van der Waals surface area contributed by atoms with Crippen molar-refractivity contribution in [3.63, 3.8) is 0 Å². The van der Waals surface area contributed by atoms with Crippen LogP contribution in [0.3, 0.4) is 0 Å². The minimum absolute atomic E-state index is 0.332. The first-order valence-corrected chi connectivity index (χ1v) is 6.96. The predicted octanol–water partition coefficient (Wildman–Crippen LogP) is 2.25. The number of benzene rings is 2. The normalized spacial score (nSPS) is 15.6. The van der Waals surface area contributed by atoms with Gasteiger partial charge >= 0.3 is 0 Å². The topological polar surface area (TPSA) is 52.0 Å². The van der Waals surface area contributed by atoms with E-state index in [-0.39, 0.29) is 0 Å². The fourth-order valence-corrected chi connectivity index (χ4v) is 4.06. The van der Waals surface area contributed by atoms with E-state index >= 15 is 0 Å². The Morgan fingerprint density at radius 3 is 2.56 bits per heavy atom. The minimum Gasteiger partial charge on any atom is -0.227 e. The molecule has 18 heavy (non-hydrogen) atoms. The van der Waals surface area contributed by atoms with Crippen molar-refractivity contribution in [2.75, 3.05) is 0 Å². The van der Waals surface area contributed by atoms with Crippen LogP contribution < -0.4 is 0 Å². The van der Waals surface area contributed by atoms with Crippen LogP contribution in [-0.2, 0) is 10.0 Å². The van der Waals surface area contributed by atoms with Crippen molar-refractivity contribution in [1.82, 2.24) is 8.96 Å². The molecule has 0 unspecified atom stereocenters.